The molecule has 0 spiro atoms. The lowest BCUT2D eigenvalue weighted by atomic mass is 10.2. The lowest BCUT2D eigenvalue weighted by Crippen LogP contribution is -2.34. The Morgan fingerprint density at radius 2 is 1.89 bits per heavy atom. The first kappa shape index (κ1) is 14.0. The molecule has 6 heteroatoms. The van der Waals surface area contributed by atoms with Gasteiger partial charge in [-0.3, -0.25) is 4.79 Å². The normalized spacial score (nSPS) is 11.5. The van der Waals surface area contributed by atoms with Gasteiger partial charge in [0.15, 0.2) is 0 Å². The summed E-state index contributed by atoms with van der Waals surface area (Å²) in [4.78, 5) is 22.3. The number of amides is 3. The molecule has 0 saturated heterocycles. The van der Waals surface area contributed by atoms with E-state index >= 15 is 0 Å². The van der Waals surface area contributed by atoms with E-state index in [2.05, 4.69) is 16.0 Å². The van der Waals surface area contributed by atoms with Crippen LogP contribution in [0.2, 0.25) is 0 Å². The SMILES string of the molecule is CC(=O)Nc1cccc(NC(=O)NCC(C)O)c1. The molecular formula is C12H17N3O3. The summed E-state index contributed by atoms with van der Waals surface area (Å²) in [5, 5.41) is 16.7. The molecule has 0 radical (unpaired) electrons. The smallest absolute Gasteiger partial charge is 0.319 e. The van der Waals surface area contributed by atoms with Crippen LogP contribution in [0, 0.1) is 0 Å². The summed E-state index contributed by atoms with van der Waals surface area (Å²) in [5.41, 5.74) is 1.17. The second-order valence-electron chi connectivity index (χ2n) is 3.95. The molecule has 0 heterocycles. The zero-order valence-electron chi connectivity index (χ0n) is 10.4. The van der Waals surface area contributed by atoms with Gasteiger partial charge in [-0.2, -0.15) is 0 Å². The van der Waals surface area contributed by atoms with Crippen LogP contribution in [0.1, 0.15) is 13.8 Å². The van der Waals surface area contributed by atoms with Crippen molar-refractivity contribution in [3.63, 3.8) is 0 Å². The number of aliphatic hydroxyl groups is 1. The number of nitrogens with one attached hydrogen (secondary N) is 3. The Labute approximate surface area is 105 Å². The van der Waals surface area contributed by atoms with Gasteiger partial charge in [-0.25, -0.2) is 4.79 Å². The number of hydrogen-bond donors (Lipinski definition) is 4. The highest BCUT2D eigenvalue weighted by atomic mass is 16.3. The summed E-state index contributed by atoms with van der Waals surface area (Å²) >= 11 is 0. The third-order valence-corrected chi connectivity index (χ3v) is 2.00. The molecule has 6 nitrogen and oxygen atoms in total. The minimum absolute atomic E-state index is 0.175. The Hall–Kier alpha value is -2.08. The third-order valence-electron chi connectivity index (χ3n) is 2.00. The quantitative estimate of drug-likeness (QED) is 0.647. The standard InChI is InChI=1S/C12H17N3O3/c1-8(16)7-13-12(18)15-11-5-3-4-10(6-11)14-9(2)17/h3-6,8,16H,7H2,1-2H3,(H,14,17)(H2,13,15,18). The van der Waals surface area contributed by atoms with Gasteiger partial charge in [0.1, 0.15) is 0 Å². The molecule has 1 rings (SSSR count). The second kappa shape index (κ2) is 6.61. The predicted octanol–water partition coefficient (Wildman–Crippen LogP) is 1.15. The van der Waals surface area contributed by atoms with Gasteiger partial charge < -0.3 is 21.1 Å². The van der Waals surface area contributed by atoms with Gasteiger partial charge in [0, 0.05) is 24.8 Å². The second-order valence-corrected chi connectivity index (χ2v) is 3.95. The van der Waals surface area contributed by atoms with Gasteiger partial charge in [0.25, 0.3) is 0 Å². The number of carbonyl (C=O) groups is 2. The van der Waals surface area contributed by atoms with Gasteiger partial charge in [0.2, 0.25) is 5.91 Å². The Morgan fingerprint density at radius 1 is 1.28 bits per heavy atom. The number of carbonyl (C=O) groups excluding carboxylic acids is 2. The van der Waals surface area contributed by atoms with E-state index in [9.17, 15) is 9.59 Å². The molecule has 1 aromatic rings. The Balaban J connectivity index is 2.56. The topological polar surface area (TPSA) is 90.5 Å². The van der Waals surface area contributed by atoms with Gasteiger partial charge in [-0.15, -0.1) is 0 Å². The van der Waals surface area contributed by atoms with Crippen LogP contribution in [0.4, 0.5) is 16.2 Å². The summed E-state index contributed by atoms with van der Waals surface area (Å²) in [6.07, 6.45) is -0.596. The molecule has 0 aliphatic carbocycles. The van der Waals surface area contributed by atoms with Crippen molar-refractivity contribution in [1.29, 1.82) is 0 Å². The summed E-state index contributed by atoms with van der Waals surface area (Å²) < 4.78 is 0. The van der Waals surface area contributed by atoms with Crippen LogP contribution in [-0.2, 0) is 4.79 Å². The number of aliphatic hydroxyl groups excluding tert-OH is 1. The number of rotatable bonds is 4. The molecule has 18 heavy (non-hydrogen) atoms. The molecule has 0 aromatic heterocycles. The van der Waals surface area contributed by atoms with Crippen LogP contribution in [0.25, 0.3) is 0 Å². The minimum Gasteiger partial charge on any atom is -0.392 e. The summed E-state index contributed by atoms with van der Waals surface area (Å²) in [7, 11) is 0. The van der Waals surface area contributed by atoms with Crippen molar-refractivity contribution in [2.75, 3.05) is 17.2 Å². The van der Waals surface area contributed by atoms with E-state index in [0.717, 1.165) is 0 Å². The third kappa shape index (κ3) is 5.31. The highest BCUT2D eigenvalue weighted by Crippen LogP contribution is 2.14. The summed E-state index contributed by atoms with van der Waals surface area (Å²) in [6, 6.07) is 6.38. The highest BCUT2D eigenvalue weighted by molar-refractivity contribution is 5.92. The van der Waals surface area contributed by atoms with Crippen molar-refractivity contribution >= 4 is 23.3 Å². The summed E-state index contributed by atoms with van der Waals surface area (Å²) in [5.74, 6) is -0.175. The zero-order chi connectivity index (χ0) is 13.5. The highest BCUT2D eigenvalue weighted by Gasteiger charge is 2.04. The van der Waals surface area contributed by atoms with E-state index in [0.29, 0.717) is 11.4 Å². The number of hydrogen-bond acceptors (Lipinski definition) is 3. The van der Waals surface area contributed by atoms with E-state index in [1.54, 1.807) is 31.2 Å². The van der Waals surface area contributed by atoms with Crippen molar-refractivity contribution < 1.29 is 14.7 Å². The van der Waals surface area contributed by atoms with Gasteiger partial charge in [-0.05, 0) is 25.1 Å². The number of urea groups is 1. The Bertz CT molecular complexity index is 432. The Kier molecular flexibility index (Phi) is 5.13. The van der Waals surface area contributed by atoms with Crippen molar-refractivity contribution in [2.24, 2.45) is 0 Å². The molecule has 98 valence electrons. The number of benzene rings is 1. The predicted molar refractivity (Wildman–Crippen MR) is 69.4 cm³/mol. The maximum Gasteiger partial charge on any atom is 0.319 e. The molecule has 0 fully saturated rings. The lowest BCUT2D eigenvalue weighted by molar-refractivity contribution is -0.114. The first-order valence-electron chi connectivity index (χ1n) is 5.58. The van der Waals surface area contributed by atoms with E-state index in [4.69, 9.17) is 5.11 Å². The van der Waals surface area contributed by atoms with Crippen molar-refractivity contribution in [2.45, 2.75) is 20.0 Å². The van der Waals surface area contributed by atoms with Crippen molar-refractivity contribution in [3.05, 3.63) is 24.3 Å². The monoisotopic (exact) mass is 251 g/mol. The molecule has 0 saturated carbocycles. The fourth-order valence-electron chi connectivity index (χ4n) is 1.29. The molecule has 0 aliphatic heterocycles. The first-order chi connectivity index (χ1) is 8.47. The fourth-order valence-corrected chi connectivity index (χ4v) is 1.29. The summed E-state index contributed by atoms with van der Waals surface area (Å²) in [6.45, 7) is 3.17. The van der Waals surface area contributed by atoms with E-state index in [1.165, 1.54) is 6.92 Å². The average Bonchev–Trinajstić information content (AvgIpc) is 2.26. The van der Waals surface area contributed by atoms with E-state index < -0.39 is 12.1 Å². The van der Waals surface area contributed by atoms with Crippen molar-refractivity contribution in [3.8, 4) is 0 Å². The van der Waals surface area contributed by atoms with Crippen molar-refractivity contribution in [1.82, 2.24) is 5.32 Å². The maximum atomic E-state index is 11.4. The lowest BCUT2D eigenvalue weighted by Gasteiger charge is -2.10. The van der Waals surface area contributed by atoms with Crippen LogP contribution < -0.4 is 16.0 Å². The van der Waals surface area contributed by atoms with Crippen LogP contribution in [0.3, 0.4) is 0 Å². The molecule has 1 aromatic carbocycles. The molecule has 1 atom stereocenters. The zero-order valence-corrected chi connectivity index (χ0v) is 10.4. The van der Waals surface area contributed by atoms with Crippen LogP contribution in [0.5, 0.6) is 0 Å². The Morgan fingerprint density at radius 3 is 2.44 bits per heavy atom. The first-order valence-corrected chi connectivity index (χ1v) is 5.58. The molecule has 0 aliphatic rings. The van der Waals surface area contributed by atoms with Gasteiger partial charge in [-0.1, -0.05) is 6.07 Å². The largest absolute Gasteiger partial charge is 0.392 e. The van der Waals surface area contributed by atoms with Crippen LogP contribution in [0.15, 0.2) is 24.3 Å². The molecule has 4 N–H and O–H groups in total. The fraction of sp³-hybridized carbons (Fsp3) is 0.333. The molecule has 0 bridgehead atoms. The van der Waals surface area contributed by atoms with Crippen LogP contribution in [-0.4, -0.2) is 29.7 Å². The average molecular weight is 251 g/mol. The van der Waals surface area contributed by atoms with E-state index in [1.807, 2.05) is 0 Å². The van der Waals surface area contributed by atoms with Gasteiger partial charge in [0.05, 0.1) is 6.10 Å². The molecular weight excluding hydrogens is 234 g/mol. The van der Waals surface area contributed by atoms with Gasteiger partial charge >= 0.3 is 6.03 Å². The van der Waals surface area contributed by atoms with E-state index in [-0.39, 0.29) is 12.5 Å². The minimum atomic E-state index is -0.596. The number of anilines is 2. The molecule has 3 amide bonds. The van der Waals surface area contributed by atoms with Crippen LogP contribution >= 0.6 is 0 Å². The molecule has 1 unspecified atom stereocenters. The maximum absolute atomic E-state index is 11.4.